The van der Waals surface area contributed by atoms with Crippen molar-refractivity contribution in [2.24, 2.45) is 0 Å². The number of aromatic hydroxyl groups is 1. The normalized spacial score (nSPS) is 12.7. The van der Waals surface area contributed by atoms with E-state index in [1.807, 2.05) is 48.5 Å². The fourth-order valence-corrected chi connectivity index (χ4v) is 4.13. The monoisotopic (exact) mass is 476 g/mol. The summed E-state index contributed by atoms with van der Waals surface area (Å²) in [7, 11) is 1.42. The summed E-state index contributed by atoms with van der Waals surface area (Å²) in [5, 5.41) is 24.0. The van der Waals surface area contributed by atoms with Crippen molar-refractivity contribution in [1.29, 1.82) is 0 Å². The number of carbonyl (C=O) groups is 3. The van der Waals surface area contributed by atoms with E-state index >= 15 is 0 Å². The van der Waals surface area contributed by atoms with E-state index in [-0.39, 0.29) is 24.0 Å². The number of phenolic OH excluding ortho intramolecular Hbond substituents is 1. The van der Waals surface area contributed by atoms with Crippen molar-refractivity contribution < 1.29 is 34.1 Å². The molecule has 0 bridgehead atoms. The number of anilines is 1. The number of amides is 2. The Morgan fingerprint density at radius 3 is 2.17 bits per heavy atom. The first-order chi connectivity index (χ1) is 16.9. The lowest BCUT2D eigenvalue weighted by Crippen LogP contribution is -2.45. The Kier molecular flexibility index (Phi) is 6.86. The Morgan fingerprint density at radius 1 is 0.971 bits per heavy atom. The molecule has 9 heteroatoms. The smallest absolute Gasteiger partial charge is 0.407 e. The fraction of sp³-hybridized carbons (Fsp3) is 0.192. The Balaban J connectivity index is 1.43. The van der Waals surface area contributed by atoms with Crippen molar-refractivity contribution >= 4 is 23.7 Å². The molecule has 2 amide bonds. The molecule has 0 saturated heterocycles. The number of hydrogen-bond donors (Lipinski definition) is 4. The molecule has 1 aliphatic rings. The molecule has 1 atom stereocenters. The van der Waals surface area contributed by atoms with Crippen molar-refractivity contribution in [3.8, 4) is 22.6 Å². The topological polar surface area (TPSA) is 134 Å². The van der Waals surface area contributed by atoms with Gasteiger partial charge in [0.15, 0.2) is 0 Å². The van der Waals surface area contributed by atoms with E-state index < -0.39 is 30.4 Å². The summed E-state index contributed by atoms with van der Waals surface area (Å²) in [5.41, 5.74) is 4.23. The minimum Gasteiger partial charge on any atom is -0.506 e. The molecule has 0 aliphatic heterocycles. The van der Waals surface area contributed by atoms with Gasteiger partial charge in [-0.1, -0.05) is 48.5 Å². The zero-order chi connectivity index (χ0) is 24.9. The standard InChI is InChI=1S/C26H24N2O7/c1-34-15-10-11-21(23(29)12-15)27-25(32)22(13-24(30)31)28-26(33)35-14-20-18-8-4-2-6-16(18)17-7-3-5-9-19(17)20/h2-12,20,22,29H,13-14H2,1H3,(H,27,32)(H,28,33)(H,30,31). The van der Waals surface area contributed by atoms with Gasteiger partial charge in [-0.05, 0) is 34.4 Å². The van der Waals surface area contributed by atoms with E-state index in [0.29, 0.717) is 5.75 Å². The number of benzene rings is 3. The number of ether oxygens (including phenoxy) is 2. The van der Waals surface area contributed by atoms with Crippen LogP contribution in [0.1, 0.15) is 23.5 Å². The zero-order valence-corrected chi connectivity index (χ0v) is 18.9. The predicted octanol–water partition coefficient (Wildman–Crippen LogP) is 3.72. The second-order valence-electron chi connectivity index (χ2n) is 7.99. The Hall–Kier alpha value is -4.53. The molecule has 4 N–H and O–H groups in total. The minimum absolute atomic E-state index is 0.0144. The van der Waals surface area contributed by atoms with Gasteiger partial charge in [-0.15, -0.1) is 0 Å². The molecule has 35 heavy (non-hydrogen) atoms. The van der Waals surface area contributed by atoms with Gasteiger partial charge in [-0.25, -0.2) is 4.79 Å². The molecule has 3 aromatic carbocycles. The number of phenols is 1. The van der Waals surface area contributed by atoms with Gasteiger partial charge in [0.25, 0.3) is 0 Å². The number of aliphatic carboxylic acids is 1. The first-order valence-electron chi connectivity index (χ1n) is 10.9. The first-order valence-corrected chi connectivity index (χ1v) is 10.9. The number of carboxylic acids is 1. The summed E-state index contributed by atoms with van der Waals surface area (Å²) < 4.78 is 10.4. The molecule has 9 nitrogen and oxygen atoms in total. The number of nitrogens with one attached hydrogen (secondary N) is 2. The molecule has 0 saturated carbocycles. The SMILES string of the molecule is COc1ccc(NC(=O)C(CC(=O)O)NC(=O)OCC2c3ccccc3-c3ccccc32)c(O)c1. The molecule has 0 spiro atoms. The van der Waals surface area contributed by atoms with Gasteiger partial charge in [0, 0.05) is 12.0 Å². The van der Waals surface area contributed by atoms with Crippen LogP contribution in [0.2, 0.25) is 0 Å². The summed E-state index contributed by atoms with van der Waals surface area (Å²) in [5.74, 6) is -2.19. The van der Waals surface area contributed by atoms with E-state index in [1.54, 1.807) is 0 Å². The Labute approximate surface area is 201 Å². The van der Waals surface area contributed by atoms with Crippen molar-refractivity contribution in [2.45, 2.75) is 18.4 Å². The Morgan fingerprint density at radius 2 is 1.60 bits per heavy atom. The van der Waals surface area contributed by atoms with Crippen LogP contribution in [0.25, 0.3) is 11.1 Å². The van der Waals surface area contributed by atoms with Gasteiger partial charge in [-0.2, -0.15) is 0 Å². The second-order valence-corrected chi connectivity index (χ2v) is 7.99. The van der Waals surface area contributed by atoms with Gasteiger partial charge in [-0.3, -0.25) is 9.59 Å². The average Bonchev–Trinajstić information content (AvgIpc) is 3.17. The third-order valence-corrected chi connectivity index (χ3v) is 5.79. The summed E-state index contributed by atoms with van der Waals surface area (Å²) in [6, 6.07) is 18.5. The van der Waals surface area contributed by atoms with Crippen LogP contribution in [-0.2, 0) is 14.3 Å². The highest BCUT2D eigenvalue weighted by Gasteiger charge is 2.30. The number of methoxy groups -OCH3 is 1. The number of carbonyl (C=O) groups excluding carboxylic acids is 2. The van der Waals surface area contributed by atoms with E-state index in [9.17, 15) is 24.6 Å². The first kappa shape index (κ1) is 23.6. The van der Waals surface area contributed by atoms with E-state index in [1.165, 1.54) is 25.3 Å². The maximum Gasteiger partial charge on any atom is 0.407 e. The largest absolute Gasteiger partial charge is 0.506 e. The fourth-order valence-electron chi connectivity index (χ4n) is 4.13. The predicted molar refractivity (Wildman–Crippen MR) is 128 cm³/mol. The average molecular weight is 476 g/mol. The number of alkyl carbamates (subject to hydrolysis) is 1. The molecule has 3 aromatic rings. The van der Waals surface area contributed by atoms with E-state index in [2.05, 4.69) is 10.6 Å². The highest BCUT2D eigenvalue weighted by molar-refractivity contribution is 5.99. The lowest BCUT2D eigenvalue weighted by Gasteiger charge is -2.19. The van der Waals surface area contributed by atoms with Crippen molar-refractivity contribution in [3.05, 3.63) is 77.9 Å². The lowest BCUT2D eigenvalue weighted by atomic mass is 9.98. The number of carboxylic acid groups (broad SMARTS) is 1. The molecule has 1 aliphatic carbocycles. The van der Waals surface area contributed by atoms with Crippen LogP contribution in [0.15, 0.2) is 66.7 Å². The van der Waals surface area contributed by atoms with Gasteiger partial charge in [0.1, 0.15) is 24.1 Å². The molecular formula is C26H24N2O7. The minimum atomic E-state index is -1.43. The van der Waals surface area contributed by atoms with Crippen LogP contribution in [0.5, 0.6) is 11.5 Å². The molecular weight excluding hydrogens is 452 g/mol. The van der Waals surface area contributed by atoms with Gasteiger partial charge in [0.05, 0.1) is 19.2 Å². The maximum atomic E-state index is 12.7. The Bertz CT molecular complexity index is 1230. The molecule has 0 radical (unpaired) electrons. The zero-order valence-electron chi connectivity index (χ0n) is 18.9. The van der Waals surface area contributed by atoms with E-state index in [0.717, 1.165) is 22.3 Å². The van der Waals surface area contributed by atoms with Crippen molar-refractivity contribution in [2.75, 3.05) is 19.0 Å². The van der Waals surface area contributed by atoms with Crippen molar-refractivity contribution in [3.63, 3.8) is 0 Å². The quantitative estimate of drug-likeness (QED) is 0.364. The van der Waals surface area contributed by atoms with Crippen LogP contribution in [0.4, 0.5) is 10.5 Å². The number of rotatable bonds is 8. The summed E-state index contributed by atoms with van der Waals surface area (Å²) in [6.45, 7) is 0.0144. The summed E-state index contributed by atoms with van der Waals surface area (Å²) >= 11 is 0. The summed E-state index contributed by atoms with van der Waals surface area (Å²) in [4.78, 5) is 36.5. The summed E-state index contributed by atoms with van der Waals surface area (Å²) in [6.07, 6.45) is -1.60. The van der Waals surface area contributed by atoms with Crippen LogP contribution in [-0.4, -0.2) is 47.9 Å². The van der Waals surface area contributed by atoms with E-state index in [4.69, 9.17) is 9.47 Å². The maximum absolute atomic E-state index is 12.7. The lowest BCUT2D eigenvalue weighted by molar-refractivity contribution is -0.139. The van der Waals surface area contributed by atoms with Crippen LogP contribution in [0.3, 0.4) is 0 Å². The molecule has 180 valence electrons. The van der Waals surface area contributed by atoms with Gasteiger partial charge in [0.2, 0.25) is 5.91 Å². The molecule has 1 unspecified atom stereocenters. The third kappa shape index (κ3) is 5.19. The number of hydrogen-bond acceptors (Lipinski definition) is 6. The van der Waals surface area contributed by atoms with Gasteiger partial charge < -0.3 is 30.3 Å². The van der Waals surface area contributed by atoms with Crippen LogP contribution < -0.4 is 15.4 Å². The molecule has 0 fully saturated rings. The number of fused-ring (bicyclic) bond motifs is 3. The van der Waals surface area contributed by atoms with Crippen molar-refractivity contribution in [1.82, 2.24) is 5.32 Å². The van der Waals surface area contributed by atoms with Crippen LogP contribution >= 0.6 is 0 Å². The third-order valence-electron chi connectivity index (χ3n) is 5.79. The highest BCUT2D eigenvalue weighted by Crippen LogP contribution is 2.44. The second kappa shape index (κ2) is 10.2. The molecule has 4 rings (SSSR count). The van der Waals surface area contributed by atoms with Crippen LogP contribution in [0, 0.1) is 0 Å². The molecule has 0 aromatic heterocycles. The highest BCUT2D eigenvalue weighted by atomic mass is 16.5. The van der Waals surface area contributed by atoms with Gasteiger partial charge >= 0.3 is 12.1 Å². The molecule has 0 heterocycles.